The molecule has 110 valence electrons. The Bertz CT molecular complexity index is 288. The SMILES string of the molecule is CC1CN2CCCCC2CN1CC(N)C1CCCC1. The maximum Gasteiger partial charge on any atom is 0.0223 e. The quantitative estimate of drug-likeness (QED) is 0.848. The van der Waals surface area contributed by atoms with Gasteiger partial charge in [0.1, 0.15) is 0 Å². The smallest absolute Gasteiger partial charge is 0.0223 e. The maximum atomic E-state index is 6.48. The third-order valence-corrected chi connectivity index (χ3v) is 5.77. The van der Waals surface area contributed by atoms with Crippen molar-refractivity contribution in [3.05, 3.63) is 0 Å². The molecule has 3 heteroatoms. The maximum absolute atomic E-state index is 6.48. The fourth-order valence-electron chi connectivity index (χ4n) is 4.47. The Morgan fingerprint density at radius 2 is 1.79 bits per heavy atom. The molecule has 19 heavy (non-hydrogen) atoms. The predicted molar refractivity (Wildman–Crippen MR) is 80.2 cm³/mol. The summed E-state index contributed by atoms with van der Waals surface area (Å²) in [6, 6.07) is 1.93. The minimum atomic E-state index is 0.417. The average Bonchev–Trinajstić information content (AvgIpc) is 2.93. The van der Waals surface area contributed by atoms with E-state index >= 15 is 0 Å². The van der Waals surface area contributed by atoms with E-state index in [-0.39, 0.29) is 0 Å². The molecule has 2 saturated heterocycles. The normalized spacial score (nSPS) is 36.3. The summed E-state index contributed by atoms with van der Waals surface area (Å²) in [6.07, 6.45) is 9.80. The third-order valence-electron chi connectivity index (χ3n) is 5.77. The van der Waals surface area contributed by atoms with Crippen molar-refractivity contribution in [2.45, 2.75) is 70.0 Å². The summed E-state index contributed by atoms with van der Waals surface area (Å²) in [5.41, 5.74) is 6.48. The lowest BCUT2D eigenvalue weighted by Gasteiger charge is -2.48. The molecule has 0 aromatic rings. The molecule has 3 unspecified atom stereocenters. The molecule has 3 nitrogen and oxygen atoms in total. The van der Waals surface area contributed by atoms with Gasteiger partial charge in [0.2, 0.25) is 0 Å². The summed E-state index contributed by atoms with van der Waals surface area (Å²) < 4.78 is 0. The van der Waals surface area contributed by atoms with Gasteiger partial charge in [-0.2, -0.15) is 0 Å². The van der Waals surface area contributed by atoms with Gasteiger partial charge in [-0.3, -0.25) is 9.80 Å². The van der Waals surface area contributed by atoms with Crippen molar-refractivity contribution in [2.75, 3.05) is 26.2 Å². The Balaban J connectivity index is 1.54. The van der Waals surface area contributed by atoms with Gasteiger partial charge in [0.15, 0.2) is 0 Å². The number of hydrogen-bond acceptors (Lipinski definition) is 3. The standard InChI is InChI=1S/C16H31N3/c1-13-10-18-9-5-4-8-15(18)11-19(13)12-16(17)14-6-2-3-7-14/h13-16H,2-12,17H2,1H3. The Kier molecular flexibility index (Phi) is 4.45. The zero-order chi connectivity index (χ0) is 13.2. The number of nitrogens with zero attached hydrogens (tertiary/aromatic N) is 2. The van der Waals surface area contributed by atoms with Gasteiger partial charge in [0.05, 0.1) is 0 Å². The van der Waals surface area contributed by atoms with Gasteiger partial charge in [-0.25, -0.2) is 0 Å². The number of piperazine rings is 1. The molecule has 1 saturated carbocycles. The van der Waals surface area contributed by atoms with Crippen molar-refractivity contribution in [1.82, 2.24) is 9.80 Å². The summed E-state index contributed by atoms with van der Waals surface area (Å²) in [6.45, 7) is 7.39. The minimum Gasteiger partial charge on any atom is -0.326 e. The van der Waals surface area contributed by atoms with Crippen molar-refractivity contribution in [3.8, 4) is 0 Å². The van der Waals surface area contributed by atoms with Crippen LogP contribution >= 0.6 is 0 Å². The first-order valence-electron chi connectivity index (χ1n) is 8.47. The van der Waals surface area contributed by atoms with E-state index in [2.05, 4.69) is 16.7 Å². The molecule has 3 aliphatic rings. The van der Waals surface area contributed by atoms with E-state index in [9.17, 15) is 0 Å². The highest BCUT2D eigenvalue weighted by Gasteiger charge is 2.34. The number of fused-ring (bicyclic) bond motifs is 1. The van der Waals surface area contributed by atoms with Crippen molar-refractivity contribution < 1.29 is 0 Å². The molecule has 2 N–H and O–H groups in total. The van der Waals surface area contributed by atoms with Crippen molar-refractivity contribution in [1.29, 1.82) is 0 Å². The molecule has 0 aromatic carbocycles. The highest BCUT2D eigenvalue weighted by atomic mass is 15.3. The van der Waals surface area contributed by atoms with Gasteiger partial charge >= 0.3 is 0 Å². The largest absolute Gasteiger partial charge is 0.326 e. The zero-order valence-electron chi connectivity index (χ0n) is 12.6. The summed E-state index contributed by atoms with van der Waals surface area (Å²) in [7, 11) is 0. The first kappa shape index (κ1) is 13.8. The Labute approximate surface area is 118 Å². The van der Waals surface area contributed by atoms with Crippen molar-refractivity contribution >= 4 is 0 Å². The fourth-order valence-corrected chi connectivity index (χ4v) is 4.47. The Hall–Kier alpha value is -0.120. The van der Waals surface area contributed by atoms with Gasteiger partial charge in [-0.05, 0) is 45.1 Å². The first-order chi connectivity index (χ1) is 9.24. The van der Waals surface area contributed by atoms with Gasteiger partial charge in [0.25, 0.3) is 0 Å². The highest BCUT2D eigenvalue weighted by Crippen LogP contribution is 2.29. The molecular weight excluding hydrogens is 234 g/mol. The second kappa shape index (κ2) is 6.11. The van der Waals surface area contributed by atoms with E-state index in [1.807, 2.05) is 0 Å². The minimum absolute atomic E-state index is 0.417. The van der Waals surface area contributed by atoms with E-state index in [0.29, 0.717) is 12.1 Å². The van der Waals surface area contributed by atoms with Crippen LogP contribution in [0.2, 0.25) is 0 Å². The van der Waals surface area contributed by atoms with Crippen LogP contribution in [0.15, 0.2) is 0 Å². The number of rotatable bonds is 3. The van der Waals surface area contributed by atoms with Crippen LogP contribution in [0.1, 0.15) is 51.9 Å². The number of hydrogen-bond donors (Lipinski definition) is 1. The first-order valence-corrected chi connectivity index (χ1v) is 8.47. The van der Waals surface area contributed by atoms with Crippen molar-refractivity contribution in [3.63, 3.8) is 0 Å². The van der Waals surface area contributed by atoms with Gasteiger partial charge in [-0.15, -0.1) is 0 Å². The van der Waals surface area contributed by atoms with Crippen LogP contribution in [0.3, 0.4) is 0 Å². The van der Waals surface area contributed by atoms with Crippen LogP contribution in [-0.4, -0.2) is 54.1 Å². The molecule has 0 aromatic heterocycles. The highest BCUT2D eigenvalue weighted by molar-refractivity contribution is 4.91. The molecule has 2 aliphatic heterocycles. The summed E-state index contributed by atoms with van der Waals surface area (Å²) in [5.74, 6) is 0.802. The topological polar surface area (TPSA) is 32.5 Å². The number of nitrogens with two attached hydrogens (primary N) is 1. The fraction of sp³-hybridized carbons (Fsp3) is 1.00. The van der Waals surface area contributed by atoms with Crippen LogP contribution in [0.5, 0.6) is 0 Å². The Morgan fingerprint density at radius 1 is 1.05 bits per heavy atom. The van der Waals surface area contributed by atoms with Crippen LogP contribution < -0.4 is 5.73 Å². The molecule has 3 rings (SSSR count). The van der Waals surface area contributed by atoms with Crippen LogP contribution in [0.4, 0.5) is 0 Å². The van der Waals surface area contributed by atoms with E-state index in [1.54, 1.807) is 0 Å². The molecule has 0 amide bonds. The molecule has 3 fully saturated rings. The lowest BCUT2D eigenvalue weighted by Crippen LogP contribution is -2.60. The van der Waals surface area contributed by atoms with E-state index in [1.165, 1.54) is 64.6 Å². The molecule has 0 radical (unpaired) electrons. The average molecular weight is 265 g/mol. The summed E-state index contributed by atoms with van der Waals surface area (Å²) in [5, 5.41) is 0. The van der Waals surface area contributed by atoms with Gasteiger partial charge in [-0.1, -0.05) is 19.3 Å². The second-order valence-electron chi connectivity index (χ2n) is 7.16. The molecule has 1 aliphatic carbocycles. The van der Waals surface area contributed by atoms with Crippen molar-refractivity contribution in [2.24, 2.45) is 11.7 Å². The lowest BCUT2D eigenvalue weighted by molar-refractivity contribution is 0.00994. The van der Waals surface area contributed by atoms with E-state index in [4.69, 9.17) is 5.73 Å². The second-order valence-corrected chi connectivity index (χ2v) is 7.16. The van der Waals surface area contributed by atoms with Crippen LogP contribution in [-0.2, 0) is 0 Å². The summed E-state index contributed by atoms with van der Waals surface area (Å²) >= 11 is 0. The third kappa shape index (κ3) is 3.14. The van der Waals surface area contributed by atoms with Gasteiger partial charge in [0, 0.05) is 37.8 Å². The van der Waals surface area contributed by atoms with Gasteiger partial charge < -0.3 is 5.73 Å². The molecular formula is C16H31N3. The molecule has 0 spiro atoms. The monoisotopic (exact) mass is 265 g/mol. The molecule has 3 atom stereocenters. The van der Waals surface area contributed by atoms with E-state index < -0.39 is 0 Å². The lowest BCUT2D eigenvalue weighted by atomic mass is 9.94. The van der Waals surface area contributed by atoms with Crippen LogP contribution in [0, 0.1) is 5.92 Å². The predicted octanol–water partition coefficient (Wildman–Crippen LogP) is 2.06. The van der Waals surface area contributed by atoms with Crippen LogP contribution in [0.25, 0.3) is 0 Å². The number of piperidine rings is 1. The Morgan fingerprint density at radius 3 is 2.58 bits per heavy atom. The molecule has 0 bridgehead atoms. The van der Waals surface area contributed by atoms with E-state index in [0.717, 1.165) is 18.5 Å². The zero-order valence-corrected chi connectivity index (χ0v) is 12.6. The summed E-state index contributed by atoms with van der Waals surface area (Å²) in [4.78, 5) is 5.42. The molecule has 2 heterocycles.